The number of hydrogen-bond acceptors (Lipinski definition) is 3. The van der Waals surface area contributed by atoms with Gasteiger partial charge in [-0.15, -0.1) is 0 Å². The minimum atomic E-state index is 0.683. The minimum Gasteiger partial charge on any atom is -0.497 e. The Bertz CT molecular complexity index is 478. The van der Waals surface area contributed by atoms with E-state index in [1.807, 2.05) is 18.2 Å². The van der Waals surface area contributed by atoms with Crippen LogP contribution in [0.4, 0.5) is 5.69 Å². The van der Waals surface area contributed by atoms with Crippen LogP contribution in [0.5, 0.6) is 5.75 Å². The van der Waals surface area contributed by atoms with Crippen LogP contribution in [0.15, 0.2) is 18.2 Å². The molecule has 0 radical (unpaired) electrons. The Kier molecular flexibility index (Phi) is 5.29. The molecule has 0 spiro atoms. The van der Waals surface area contributed by atoms with Crippen LogP contribution in [0.2, 0.25) is 0 Å². The molecule has 0 heterocycles. The molecular weight excluding hydrogens is 248 g/mol. The standard InChI is InChI=1S/C17H24N2O/c1-13-4-3-5-14(10-13)8-9-19-17-11-16(20-2)7-6-15(17)12-18/h6-7,11,13-14,19H,3-5,8-10H2,1-2H3. The third-order valence-corrected chi connectivity index (χ3v) is 4.26. The molecule has 3 nitrogen and oxygen atoms in total. The molecule has 20 heavy (non-hydrogen) atoms. The van der Waals surface area contributed by atoms with Crippen molar-refractivity contribution in [3.8, 4) is 11.8 Å². The highest BCUT2D eigenvalue weighted by atomic mass is 16.5. The molecule has 2 rings (SSSR count). The highest BCUT2D eigenvalue weighted by molar-refractivity contribution is 5.60. The van der Waals surface area contributed by atoms with Gasteiger partial charge < -0.3 is 10.1 Å². The topological polar surface area (TPSA) is 45.0 Å². The Morgan fingerprint density at radius 1 is 1.40 bits per heavy atom. The number of hydrogen-bond donors (Lipinski definition) is 1. The van der Waals surface area contributed by atoms with Crippen LogP contribution in [-0.2, 0) is 0 Å². The van der Waals surface area contributed by atoms with Crippen molar-refractivity contribution >= 4 is 5.69 Å². The molecule has 1 aromatic carbocycles. The van der Waals surface area contributed by atoms with E-state index < -0.39 is 0 Å². The van der Waals surface area contributed by atoms with E-state index in [9.17, 15) is 0 Å². The van der Waals surface area contributed by atoms with E-state index in [0.29, 0.717) is 5.56 Å². The summed E-state index contributed by atoms with van der Waals surface area (Å²) in [6, 6.07) is 7.76. The predicted octanol–water partition coefficient (Wildman–Crippen LogP) is 4.20. The van der Waals surface area contributed by atoms with Crippen molar-refractivity contribution in [2.45, 2.75) is 39.0 Å². The summed E-state index contributed by atoms with van der Waals surface area (Å²) in [5.41, 5.74) is 1.57. The first-order valence-corrected chi connectivity index (χ1v) is 7.55. The highest BCUT2D eigenvalue weighted by Crippen LogP contribution is 2.31. The van der Waals surface area contributed by atoms with Crippen molar-refractivity contribution in [1.29, 1.82) is 5.26 Å². The van der Waals surface area contributed by atoms with Gasteiger partial charge in [-0.05, 0) is 36.8 Å². The predicted molar refractivity (Wildman–Crippen MR) is 81.9 cm³/mol. The highest BCUT2D eigenvalue weighted by Gasteiger charge is 2.18. The molecule has 1 aromatic rings. The Balaban J connectivity index is 1.88. The van der Waals surface area contributed by atoms with Crippen LogP contribution < -0.4 is 10.1 Å². The van der Waals surface area contributed by atoms with E-state index in [2.05, 4.69) is 18.3 Å². The maximum absolute atomic E-state index is 9.13. The summed E-state index contributed by atoms with van der Waals surface area (Å²) in [6.07, 6.45) is 6.65. The summed E-state index contributed by atoms with van der Waals surface area (Å²) in [5, 5.41) is 12.5. The summed E-state index contributed by atoms with van der Waals surface area (Å²) in [4.78, 5) is 0. The normalized spacial score (nSPS) is 22.1. The minimum absolute atomic E-state index is 0.683. The van der Waals surface area contributed by atoms with Gasteiger partial charge in [0, 0.05) is 12.6 Å². The smallest absolute Gasteiger partial charge is 0.121 e. The average Bonchev–Trinajstić information content (AvgIpc) is 2.47. The van der Waals surface area contributed by atoms with E-state index >= 15 is 0 Å². The molecule has 1 aliphatic rings. The third kappa shape index (κ3) is 3.90. The largest absolute Gasteiger partial charge is 0.497 e. The van der Waals surface area contributed by atoms with Crippen molar-refractivity contribution in [3.63, 3.8) is 0 Å². The van der Waals surface area contributed by atoms with Gasteiger partial charge in [0.25, 0.3) is 0 Å². The Hall–Kier alpha value is -1.69. The summed E-state index contributed by atoms with van der Waals surface area (Å²) >= 11 is 0. The Labute approximate surface area is 121 Å². The lowest BCUT2D eigenvalue weighted by Crippen LogP contribution is -2.16. The molecule has 0 aliphatic heterocycles. The molecule has 3 heteroatoms. The number of anilines is 1. The van der Waals surface area contributed by atoms with Gasteiger partial charge in [0.1, 0.15) is 11.8 Å². The molecule has 0 bridgehead atoms. The van der Waals surface area contributed by atoms with Crippen molar-refractivity contribution < 1.29 is 4.74 Å². The van der Waals surface area contributed by atoms with E-state index in [1.165, 1.54) is 32.1 Å². The lowest BCUT2D eigenvalue weighted by Gasteiger charge is -2.26. The first-order chi connectivity index (χ1) is 9.72. The van der Waals surface area contributed by atoms with Crippen LogP contribution in [0.25, 0.3) is 0 Å². The molecule has 1 N–H and O–H groups in total. The van der Waals surface area contributed by atoms with Crippen molar-refractivity contribution in [2.75, 3.05) is 19.0 Å². The van der Waals surface area contributed by atoms with Crippen LogP contribution in [0, 0.1) is 23.2 Å². The number of nitriles is 1. The first kappa shape index (κ1) is 14.7. The summed E-state index contributed by atoms with van der Waals surface area (Å²) in [7, 11) is 1.65. The third-order valence-electron chi connectivity index (χ3n) is 4.26. The molecule has 0 aromatic heterocycles. The Morgan fingerprint density at radius 2 is 2.25 bits per heavy atom. The van der Waals surface area contributed by atoms with Gasteiger partial charge in [0.15, 0.2) is 0 Å². The van der Waals surface area contributed by atoms with Gasteiger partial charge in [-0.2, -0.15) is 5.26 Å². The second-order valence-electron chi connectivity index (χ2n) is 5.88. The second-order valence-corrected chi connectivity index (χ2v) is 5.88. The molecule has 1 saturated carbocycles. The SMILES string of the molecule is COc1ccc(C#N)c(NCCC2CCCC(C)C2)c1. The zero-order chi connectivity index (χ0) is 14.4. The summed E-state index contributed by atoms with van der Waals surface area (Å²) < 4.78 is 5.22. The Morgan fingerprint density at radius 3 is 2.95 bits per heavy atom. The lowest BCUT2D eigenvalue weighted by molar-refractivity contribution is 0.274. The van der Waals surface area contributed by atoms with Crippen LogP contribution in [-0.4, -0.2) is 13.7 Å². The number of nitrogens with one attached hydrogen (secondary N) is 1. The molecule has 0 saturated heterocycles. The molecule has 108 valence electrons. The van der Waals surface area contributed by atoms with Crippen LogP contribution in [0.3, 0.4) is 0 Å². The van der Waals surface area contributed by atoms with E-state index in [4.69, 9.17) is 10.00 Å². The van der Waals surface area contributed by atoms with Gasteiger partial charge in [-0.1, -0.05) is 26.2 Å². The zero-order valence-electron chi connectivity index (χ0n) is 12.5. The average molecular weight is 272 g/mol. The lowest BCUT2D eigenvalue weighted by atomic mass is 9.81. The van der Waals surface area contributed by atoms with E-state index in [-0.39, 0.29) is 0 Å². The quantitative estimate of drug-likeness (QED) is 0.874. The fraction of sp³-hybridized carbons (Fsp3) is 0.588. The fourth-order valence-electron chi connectivity index (χ4n) is 3.13. The summed E-state index contributed by atoms with van der Waals surface area (Å²) in [5.74, 6) is 2.50. The van der Waals surface area contributed by atoms with Crippen molar-refractivity contribution in [1.82, 2.24) is 0 Å². The summed E-state index contributed by atoms with van der Waals surface area (Å²) in [6.45, 7) is 3.29. The van der Waals surface area contributed by atoms with Crippen LogP contribution in [0.1, 0.15) is 44.6 Å². The van der Waals surface area contributed by atoms with Gasteiger partial charge in [-0.25, -0.2) is 0 Å². The number of ether oxygens (including phenoxy) is 1. The van der Waals surface area contributed by atoms with Gasteiger partial charge >= 0.3 is 0 Å². The zero-order valence-corrected chi connectivity index (χ0v) is 12.5. The maximum atomic E-state index is 9.13. The van der Waals surface area contributed by atoms with Crippen molar-refractivity contribution in [2.24, 2.45) is 11.8 Å². The number of benzene rings is 1. The fourth-order valence-corrected chi connectivity index (χ4v) is 3.13. The molecule has 2 atom stereocenters. The molecule has 2 unspecified atom stereocenters. The monoisotopic (exact) mass is 272 g/mol. The van der Waals surface area contributed by atoms with Gasteiger partial charge in [0.2, 0.25) is 0 Å². The van der Waals surface area contributed by atoms with Gasteiger partial charge in [-0.3, -0.25) is 0 Å². The number of methoxy groups -OCH3 is 1. The first-order valence-electron chi connectivity index (χ1n) is 7.55. The molecule has 1 aliphatic carbocycles. The van der Waals surface area contributed by atoms with Crippen molar-refractivity contribution in [3.05, 3.63) is 23.8 Å². The number of rotatable bonds is 5. The van der Waals surface area contributed by atoms with Gasteiger partial charge in [0.05, 0.1) is 18.4 Å². The number of nitrogens with zero attached hydrogens (tertiary/aromatic N) is 1. The molecule has 1 fully saturated rings. The second kappa shape index (κ2) is 7.19. The van der Waals surface area contributed by atoms with E-state index in [0.717, 1.165) is 29.8 Å². The molecule has 0 amide bonds. The van der Waals surface area contributed by atoms with E-state index in [1.54, 1.807) is 7.11 Å². The molecular formula is C17H24N2O. The maximum Gasteiger partial charge on any atom is 0.121 e. The van der Waals surface area contributed by atoms with Crippen LogP contribution >= 0.6 is 0 Å².